The van der Waals surface area contributed by atoms with Gasteiger partial charge in [0.1, 0.15) is 11.9 Å². The molecule has 4 amide bonds. The van der Waals surface area contributed by atoms with Crippen molar-refractivity contribution in [2.45, 2.75) is 51.9 Å². The molecule has 1 atom stereocenters. The predicted molar refractivity (Wildman–Crippen MR) is 151 cm³/mol. The third-order valence-corrected chi connectivity index (χ3v) is 7.73. The van der Waals surface area contributed by atoms with Crippen molar-refractivity contribution < 1.29 is 28.3 Å². The van der Waals surface area contributed by atoms with Crippen molar-refractivity contribution in [3.05, 3.63) is 64.5 Å². The Morgan fingerprint density at radius 1 is 1.17 bits per heavy atom. The lowest BCUT2D eigenvalue weighted by atomic mass is 10.0. The Morgan fingerprint density at radius 2 is 1.93 bits per heavy atom. The summed E-state index contributed by atoms with van der Waals surface area (Å²) in [6.07, 6.45) is 1.24. The molecule has 4 rings (SSSR count). The van der Waals surface area contributed by atoms with Crippen LogP contribution in [0.1, 0.15) is 46.8 Å². The normalized spacial score (nSPS) is 16.9. The molecular weight excluding hydrogens is 529 g/mol. The molecule has 0 bridgehead atoms. The van der Waals surface area contributed by atoms with Gasteiger partial charge in [-0.1, -0.05) is 37.6 Å². The average molecular weight is 568 g/mol. The van der Waals surface area contributed by atoms with Gasteiger partial charge in [0.15, 0.2) is 0 Å². The van der Waals surface area contributed by atoms with E-state index < -0.39 is 17.9 Å². The van der Waals surface area contributed by atoms with Crippen LogP contribution in [0.25, 0.3) is 0 Å². The van der Waals surface area contributed by atoms with Crippen LogP contribution < -0.4 is 10.6 Å². The minimum absolute atomic E-state index is 0.115. The van der Waals surface area contributed by atoms with Crippen molar-refractivity contribution in [1.29, 1.82) is 0 Å². The Labute approximate surface area is 239 Å². The Bertz CT molecular complexity index is 1250. The molecule has 41 heavy (non-hydrogen) atoms. The van der Waals surface area contributed by atoms with E-state index >= 15 is 4.39 Å². The number of nitrogens with one attached hydrogen (secondary N) is 2. The van der Waals surface area contributed by atoms with E-state index in [9.17, 15) is 19.2 Å². The summed E-state index contributed by atoms with van der Waals surface area (Å²) in [5.74, 6) is -1.76. The van der Waals surface area contributed by atoms with E-state index in [-0.39, 0.29) is 30.8 Å². The second-order valence-electron chi connectivity index (χ2n) is 10.5. The van der Waals surface area contributed by atoms with E-state index in [1.807, 2.05) is 11.4 Å². The van der Waals surface area contributed by atoms with Gasteiger partial charge in [-0.15, -0.1) is 0 Å². The zero-order chi connectivity index (χ0) is 29.4. The molecule has 2 fully saturated rings. The fourth-order valence-electron chi connectivity index (χ4n) is 5.44. The Balaban J connectivity index is 1.41. The number of hydrogen-bond donors (Lipinski definition) is 2. The average Bonchev–Trinajstić information content (AvgIpc) is 2.94. The van der Waals surface area contributed by atoms with E-state index in [4.69, 9.17) is 4.74 Å². The molecule has 2 aliphatic heterocycles. The quantitative estimate of drug-likeness (QED) is 0.355. The number of carbonyl (C=O) groups is 4. The molecule has 10 nitrogen and oxygen atoms in total. The molecule has 2 aromatic rings. The number of likely N-dealkylation sites (tertiary alicyclic amines) is 1. The third-order valence-electron chi connectivity index (χ3n) is 7.73. The number of ether oxygens (including phenoxy) is 1. The van der Waals surface area contributed by atoms with Gasteiger partial charge in [0, 0.05) is 56.6 Å². The number of rotatable bonds is 13. The highest BCUT2D eigenvalue weighted by molar-refractivity contribution is 6.08. The first-order valence-corrected chi connectivity index (χ1v) is 14.0. The molecule has 2 N–H and O–H groups in total. The van der Waals surface area contributed by atoms with Crippen LogP contribution in [0.2, 0.25) is 0 Å². The van der Waals surface area contributed by atoms with E-state index in [1.165, 1.54) is 0 Å². The highest BCUT2D eigenvalue weighted by Gasteiger charge is 2.33. The molecule has 1 unspecified atom stereocenters. The fourth-order valence-corrected chi connectivity index (χ4v) is 5.44. The summed E-state index contributed by atoms with van der Waals surface area (Å²) in [6.45, 7) is 9.73. The van der Waals surface area contributed by atoms with Crippen LogP contribution >= 0.6 is 0 Å². The van der Waals surface area contributed by atoms with Crippen molar-refractivity contribution in [3.8, 4) is 0 Å². The number of morpholine rings is 1. The summed E-state index contributed by atoms with van der Waals surface area (Å²) in [6, 6.07) is 9.75. The van der Waals surface area contributed by atoms with Crippen LogP contribution in [-0.4, -0.2) is 90.8 Å². The number of anilines is 1. The maximum absolute atomic E-state index is 15.1. The maximum Gasteiger partial charge on any atom is 0.263 e. The molecule has 2 aliphatic rings. The van der Waals surface area contributed by atoms with Gasteiger partial charge in [0.05, 0.1) is 18.8 Å². The lowest BCUT2D eigenvalue weighted by Crippen LogP contribution is -2.60. The molecule has 0 spiro atoms. The van der Waals surface area contributed by atoms with E-state index in [0.29, 0.717) is 42.2 Å². The molecule has 2 heterocycles. The van der Waals surface area contributed by atoms with E-state index in [2.05, 4.69) is 15.1 Å². The Morgan fingerprint density at radius 3 is 2.59 bits per heavy atom. The van der Waals surface area contributed by atoms with Crippen LogP contribution in [-0.2, 0) is 32.2 Å². The first-order valence-electron chi connectivity index (χ1n) is 14.0. The summed E-state index contributed by atoms with van der Waals surface area (Å²) in [5, 5.41) is 5.17. The summed E-state index contributed by atoms with van der Waals surface area (Å²) in [7, 11) is 0. The van der Waals surface area contributed by atoms with Gasteiger partial charge in [0.25, 0.3) is 5.91 Å². The number of amides is 4. The lowest BCUT2D eigenvalue weighted by molar-refractivity contribution is -0.133. The number of nitrogens with zero attached hydrogens (tertiary/aromatic N) is 3. The first-order chi connectivity index (χ1) is 19.9. The molecule has 11 heteroatoms. The van der Waals surface area contributed by atoms with Gasteiger partial charge < -0.3 is 10.1 Å². The van der Waals surface area contributed by atoms with E-state index in [1.54, 1.807) is 44.2 Å². The fraction of sp³-hybridized carbons (Fsp3) is 0.467. The minimum Gasteiger partial charge on any atom is -0.380 e. The van der Waals surface area contributed by atoms with Gasteiger partial charge >= 0.3 is 0 Å². The standard InChI is InChI=1S/C30H38FN5O5/c1-3-5-27(29(39)33-19-37)36(20-38)30(40)28-21(2)6-4-7-26(28)32-15-23-9-8-22(14-25(23)31)16-34-17-24(18-34)35-10-12-41-13-11-35/h4,6-9,14,19-20,24,27,32H,3,5,10-13,15-18H2,1-2H3,(H,33,37,39). The molecule has 2 aromatic carbocycles. The lowest BCUT2D eigenvalue weighted by Gasteiger charge is -2.46. The molecule has 0 radical (unpaired) electrons. The minimum atomic E-state index is -1.14. The van der Waals surface area contributed by atoms with Crippen molar-refractivity contribution in [2.24, 2.45) is 0 Å². The van der Waals surface area contributed by atoms with Crippen molar-refractivity contribution >= 4 is 30.3 Å². The maximum atomic E-state index is 15.1. The topological polar surface area (TPSA) is 111 Å². The molecule has 0 aromatic heterocycles. The monoisotopic (exact) mass is 567 g/mol. The zero-order valence-corrected chi connectivity index (χ0v) is 23.6. The van der Waals surface area contributed by atoms with Gasteiger partial charge in [-0.2, -0.15) is 0 Å². The van der Waals surface area contributed by atoms with Crippen molar-refractivity contribution in [1.82, 2.24) is 20.0 Å². The Hall–Kier alpha value is -3.67. The largest absolute Gasteiger partial charge is 0.380 e. The highest BCUT2D eigenvalue weighted by atomic mass is 19.1. The number of benzene rings is 2. The highest BCUT2D eigenvalue weighted by Crippen LogP contribution is 2.25. The van der Waals surface area contributed by atoms with Gasteiger partial charge in [-0.25, -0.2) is 4.39 Å². The number of hydrogen-bond acceptors (Lipinski definition) is 8. The van der Waals surface area contributed by atoms with Gasteiger partial charge in [-0.05, 0) is 36.6 Å². The van der Waals surface area contributed by atoms with Gasteiger partial charge in [-0.3, -0.25) is 39.2 Å². The number of aryl methyl sites for hydroxylation is 1. The van der Waals surface area contributed by atoms with Crippen LogP contribution in [0.15, 0.2) is 36.4 Å². The molecular formula is C30H38FN5O5. The molecule has 2 saturated heterocycles. The first kappa shape index (κ1) is 30.3. The summed E-state index contributed by atoms with van der Waals surface area (Å²) in [4.78, 5) is 54.3. The van der Waals surface area contributed by atoms with Crippen LogP contribution in [0.5, 0.6) is 0 Å². The van der Waals surface area contributed by atoms with Crippen molar-refractivity contribution in [3.63, 3.8) is 0 Å². The third kappa shape index (κ3) is 7.35. The van der Waals surface area contributed by atoms with Crippen molar-refractivity contribution in [2.75, 3.05) is 44.7 Å². The Kier molecular flexibility index (Phi) is 10.6. The second-order valence-corrected chi connectivity index (χ2v) is 10.5. The van der Waals surface area contributed by atoms with Gasteiger partial charge in [0.2, 0.25) is 18.7 Å². The van der Waals surface area contributed by atoms with Crippen LogP contribution in [0, 0.1) is 12.7 Å². The zero-order valence-electron chi connectivity index (χ0n) is 23.6. The second kappa shape index (κ2) is 14.3. The van der Waals surface area contributed by atoms with E-state index in [0.717, 1.165) is 49.9 Å². The van der Waals surface area contributed by atoms with Crippen LogP contribution in [0.3, 0.4) is 0 Å². The smallest absolute Gasteiger partial charge is 0.263 e. The SMILES string of the molecule is CCCC(C(=O)NC=O)N(C=O)C(=O)c1c(C)cccc1NCc1ccc(CN2CC(N3CCOCC3)C2)cc1F. The number of carbonyl (C=O) groups excluding carboxylic acids is 4. The number of imide groups is 2. The summed E-state index contributed by atoms with van der Waals surface area (Å²) < 4.78 is 20.5. The summed E-state index contributed by atoms with van der Waals surface area (Å²) >= 11 is 0. The summed E-state index contributed by atoms with van der Waals surface area (Å²) in [5.41, 5.74) is 2.52. The predicted octanol–water partition coefficient (Wildman–Crippen LogP) is 2.30. The van der Waals surface area contributed by atoms with Crippen LogP contribution in [0.4, 0.5) is 10.1 Å². The molecule has 0 saturated carbocycles. The molecule has 220 valence electrons. The molecule has 0 aliphatic carbocycles. The number of halogens is 1.